The van der Waals surface area contributed by atoms with Crippen LogP contribution in [-0.4, -0.2) is 31.3 Å². The second-order valence-corrected chi connectivity index (χ2v) is 10.8. The van der Waals surface area contributed by atoms with Crippen molar-refractivity contribution in [3.8, 4) is 11.3 Å². The zero-order chi connectivity index (χ0) is 24.2. The smallest absolute Gasteiger partial charge is 0.270 e. The number of nitrogens with one attached hydrogen (secondary N) is 2. The van der Waals surface area contributed by atoms with Crippen LogP contribution in [0.15, 0.2) is 52.2 Å². The molecule has 34 heavy (non-hydrogen) atoms. The third-order valence-electron chi connectivity index (χ3n) is 4.76. The van der Waals surface area contributed by atoms with E-state index in [1.54, 1.807) is 24.4 Å². The predicted molar refractivity (Wildman–Crippen MR) is 137 cm³/mol. The number of benzene rings is 2. The van der Waals surface area contributed by atoms with Gasteiger partial charge in [0, 0.05) is 28.8 Å². The molecular formula is C22H20N6O3S3. The van der Waals surface area contributed by atoms with Crippen LogP contribution in [0.3, 0.4) is 0 Å². The van der Waals surface area contributed by atoms with Crippen molar-refractivity contribution in [3.05, 3.63) is 69.1 Å². The van der Waals surface area contributed by atoms with E-state index in [1.165, 1.54) is 52.1 Å². The molecule has 4 aromatic rings. The van der Waals surface area contributed by atoms with Gasteiger partial charge in [0.2, 0.25) is 11.0 Å². The Hall–Kier alpha value is -3.35. The summed E-state index contributed by atoms with van der Waals surface area (Å²) < 4.78 is 0.673. The number of amides is 1. The minimum absolute atomic E-state index is 0.00966. The van der Waals surface area contributed by atoms with Crippen LogP contribution < -0.4 is 10.6 Å². The third kappa shape index (κ3) is 5.76. The van der Waals surface area contributed by atoms with Gasteiger partial charge in [-0.1, -0.05) is 52.9 Å². The van der Waals surface area contributed by atoms with E-state index in [4.69, 9.17) is 0 Å². The average Bonchev–Trinajstić information content (AvgIpc) is 3.45. The summed E-state index contributed by atoms with van der Waals surface area (Å²) in [5.41, 5.74) is 4.44. The lowest BCUT2D eigenvalue weighted by Crippen LogP contribution is -2.22. The monoisotopic (exact) mass is 512 g/mol. The molecule has 2 heterocycles. The number of hydrogen-bond acceptors (Lipinski definition) is 10. The molecule has 0 unspecified atom stereocenters. The number of rotatable bonds is 8. The number of nitro groups is 1. The summed E-state index contributed by atoms with van der Waals surface area (Å²) in [6.45, 7) is 5.86. The maximum absolute atomic E-state index is 12.7. The van der Waals surface area contributed by atoms with E-state index in [9.17, 15) is 14.9 Å². The maximum atomic E-state index is 12.7. The fourth-order valence-electron chi connectivity index (χ4n) is 3.03. The van der Waals surface area contributed by atoms with E-state index in [-0.39, 0.29) is 11.6 Å². The first-order valence-corrected chi connectivity index (χ1v) is 12.7. The van der Waals surface area contributed by atoms with E-state index in [1.807, 2.05) is 26.0 Å². The molecule has 174 valence electrons. The number of non-ortho nitro benzene ring substituents is 1. The quantitative estimate of drug-likeness (QED) is 0.166. The number of carbonyl (C=O) groups is 1. The second-order valence-electron chi connectivity index (χ2n) is 7.41. The second kappa shape index (κ2) is 10.3. The fourth-order valence-corrected chi connectivity index (χ4v) is 5.66. The number of anilines is 3. The van der Waals surface area contributed by atoms with Crippen LogP contribution in [0, 0.1) is 24.0 Å². The molecule has 4 rings (SSSR count). The van der Waals surface area contributed by atoms with Gasteiger partial charge in [-0.15, -0.1) is 21.5 Å². The van der Waals surface area contributed by atoms with Gasteiger partial charge in [-0.3, -0.25) is 14.9 Å². The highest BCUT2D eigenvalue weighted by molar-refractivity contribution is 8.02. The third-order valence-corrected chi connectivity index (χ3v) is 7.54. The lowest BCUT2D eigenvalue weighted by Gasteiger charge is -2.08. The normalized spacial score (nSPS) is 11.7. The minimum atomic E-state index is -0.451. The van der Waals surface area contributed by atoms with Gasteiger partial charge in [0.15, 0.2) is 9.47 Å². The Morgan fingerprint density at radius 2 is 1.97 bits per heavy atom. The summed E-state index contributed by atoms with van der Waals surface area (Å²) in [5.74, 6) is -0.218. The molecule has 0 fully saturated rings. The van der Waals surface area contributed by atoms with E-state index >= 15 is 0 Å². The van der Waals surface area contributed by atoms with Gasteiger partial charge in [0.25, 0.3) is 5.69 Å². The summed E-state index contributed by atoms with van der Waals surface area (Å²) >= 11 is 3.95. The number of nitro benzene ring substituents is 1. The molecule has 0 saturated heterocycles. The van der Waals surface area contributed by atoms with Crippen LogP contribution in [0.4, 0.5) is 21.6 Å². The Labute approximate surface area is 207 Å². The molecular weight excluding hydrogens is 492 g/mol. The van der Waals surface area contributed by atoms with Gasteiger partial charge in [-0.2, -0.15) is 0 Å². The highest BCUT2D eigenvalue weighted by atomic mass is 32.2. The lowest BCUT2D eigenvalue weighted by molar-refractivity contribution is -0.384. The summed E-state index contributed by atoms with van der Waals surface area (Å²) in [4.78, 5) is 27.6. The van der Waals surface area contributed by atoms with E-state index < -0.39 is 10.2 Å². The van der Waals surface area contributed by atoms with Gasteiger partial charge >= 0.3 is 0 Å². The van der Waals surface area contributed by atoms with Gasteiger partial charge < -0.3 is 10.6 Å². The van der Waals surface area contributed by atoms with Crippen LogP contribution in [0.5, 0.6) is 0 Å². The first kappa shape index (κ1) is 23.8. The molecule has 2 aromatic heterocycles. The molecule has 9 nitrogen and oxygen atoms in total. The van der Waals surface area contributed by atoms with Gasteiger partial charge in [0.05, 0.1) is 15.9 Å². The number of aromatic nitrogens is 3. The Morgan fingerprint density at radius 3 is 2.74 bits per heavy atom. The first-order chi connectivity index (χ1) is 16.3. The zero-order valence-corrected chi connectivity index (χ0v) is 20.9. The number of hydrogen-bond donors (Lipinski definition) is 2. The van der Waals surface area contributed by atoms with Crippen molar-refractivity contribution in [1.82, 2.24) is 15.2 Å². The molecule has 2 aromatic carbocycles. The predicted octanol–water partition coefficient (Wildman–Crippen LogP) is 6.05. The molecule has 0 aliphatic carbocycles. The highest BCUT2D eigenvalue weighted by Crippen LogP contribution is 2.32. The molecule has 1 amide bonds. The van der Waals surface area contributed by atoms with Gasteiger partial charge in [-0.25, -0.2) is 4.98 Å². The van der Waals surface area contributed by atoms with Crippen LogP contribution in [0.25, 0.3) is 11.3 Å². The van der Waals surface area contributed by atoms with E-state index in [2.05, 4.69) is 31.9 Å². The largest absolute Gasteiger partial charge is 0.330 e. The number of nitrogens with zero attached hydrogens (tertiary/aromatic N) is 4. The van der Waals surface area contributed by atoms with Crippen molar-refractivity contribution < 1.29 is 9.72 Å². The number of aryl methyl sites for hydroxylation is 2. The molecule has 0 saturated carbocycles. The van der Waals surface area contributed by atoms with Crippen LogP contribution >= 0.6 is 34.4 Å². The van der Waals surface area contributed by atoms with Crippen molar-refractivity contribution in [2.75, 3.05) is 10.6 Å². The highest BCUT2D eigenvalue weighted by Gasteiger charge is 2.19. The molecule has 1 atom stereocenters. The lowest BCUT2D eigenvalue weighted by atomic mass is 10.1. The molecule has 0 aliphatic rings. The van der Waals surface area contributed by atoms with E-state index in [0.29, 0.717) is 25.9 Å². The van der Waals surface area contributed by atoms with Gasteiger partial charge in [0.1, 0.15) is 0 Å². The Kier molecular flexibility index (Phi) is 7.20. The summed E-state index contributed by atoms with van der Waals surface area (Å²) in [7, 11) is 0. The average molecular weight is 513 g/mol. The first-order valence-electron chi connectivity index (χ1n) is 10.1. The van der Waals surface area contributed by atoms with Crippen molar-refractivity contribution >= 4 is 62.0 Å². The molecule has 12 heteroatoms. The molecule has 0 bridgehead atoms. The summed E-state index contributed by atoms with van der Waals surface area (Å²) in [6.07, 6.45) is 0. The summed E-state index contributed by atoms with van der Waals surface area (Å²) in [6, 6.07) is 12.4. The fraction of sp³-hybridized carbons (Fsp3) is 0.182. The molecule has 2 N–H and O–H groups in total. The number of thioether (sulfide) groups is 1. The Balaban J connectivity index is 1.36. The maximum Gasteiger partial charge on any atom is 0.270 e. The van der Waals surface area contributed by atoms with Crippen molar-refractivity contribution in [1.29, 1.82) is 0 Å². The SMILES string of the molecule is Cc1ccc(Nc2nnc(S[C@@H](C)C(=O)Nc3nc(-c4cccc([N+](=O)[O-])c4)cs3)s2)c(C)c1. The number of carbonyl (C=O) groups excluding carboxylic acids is 1. The van der Waals surface area contributed by atoms with E-state index in [0.717, 1.165) is 11.3 Å². The molecule has 0 spiro atoms. The van der Waals surface area contributed by atoms with Crippen LogP contribution in [0.1, 0.15) is 18.1 Å². The van der Waals surface area contributed by atoms with Crippen LogP contribution in [0.2, 0.25) is 0 Å². The van der Waals surface area contributed by atoms with Crippen molar-refractivity contribution in [3.63, 3.8) is 0 Å². The Morgan fingerprint density at radius 1 is 1.15 bits per heavy atom. The van der Waals surface area contributed by atoms with Gasteiger partial charge in [-0.05, 0) is 32.4 Å². The summed E-state index contributed by atoms with van der Waals surface area (Å²) in [5, 5.41) is 27.8. The molecule has 0 aliphatic heterocycles. The van der Waals surface area contributed by atoms with Crippen molar-refractivity contribution in [2.24, 2.45) is 0 Å². The topological polar surface area (TPSA) is 123 Å². The number of thiazole rings is 1. The van der Waals surface area contributed by atoms with Crippen molar-refractivity contribution in [2.45, 2.75) is 30.4 Å². The van der Waals surface area contributed by atoms with Crippen LogP contribution in [-0.2, 0) is 4.79 Å². The zero-order valence-electron chi connectivity index (χ0n) is 18.4. The molecule has 0 radical (unpaired) electrons. The standard InChI is InChI=1S/C22H20N6O3S3/c1-12-7-8-17(13(2)9-12)23-21-26-27-22(34-21)33-14(3)19(29)25-20-24-18(11-32-20)15-5-4-6-16(10-15)28(30)31/h4-11,14H,1-3H3,(H,23,26)(H,24,25,29)/t14-/m0/s1. The minimum Gasteiger partial charge on any atom is -0.330 e. The Bertz CT molecular complexity index is 1350.